The van der Waals surface area contributed by atoms with Gasteiger partial charge < -0.3 is 40.3 Å². The molecule has 0 spiro atoms. The van der Waals surface area contributed by atoms with Crippen LogP contribution in [0.2, 0.25) is 0 Å². The highest BCUT2D eigenvalue weighted by Crippen LogP contribution is 2.22. The fourth-order valence-electron chi connectivity index (χ4n) is 5.46. The second-order valence-electron chi connectivity index (χ2n) is 12.6. The fourth-order valence-corrected chi connectivity index (χ4v) is 5.46. The summed E-state index contributed by atoms with van der Waals surface area (Å²) in [4.78, 5) is 12.8. The zero-order chi connectivity index (χ0) is 34.5. The molecule has 1 saturated heterocycles. The summed E-state index contributed by atoms with van der Waals surface area (Å²) in [5, 5.41) is 53.9. The maximum absolute atomic E-state index is 12.8. The molecule has 0 aromatic carbocycles. The third-order valence-electron chi connectivity index (χ3n) is 8.46. The van der Waals surface area contributed by atoms with Crippen molar-refractivity contribution >= 4 is 5.91 Å². The van der Waals surface area contributed by atoms with Crippen molar-refractivity contribution in [3.8, 4) is 0 Å². The van der Waals surface area contributed by atoms with Gasteiger partial charge in [-0.15, -0.1) is 0 Å². The third-order valence-corrected chi connectivity index (χ3v) is 8.46. The summed E-state index contributed by atoms with van der Waals surface area (Å²) < 4.78 is 11.1. The van der Waals surface area contributed by atoms with Crippen LogP contribution in [0.1, 0.15) is 129 Å². The van der Waals surface area contributed by atoms with Gasteiger partial charge in [-0.25, -0.2) is 0 Å². The molecule has 9 heteroatoms. The molecule has 0 saturated carbocycles. The molecule has 0 bridgehead atoms. The first-order valence-corrected chi connectivity index (χ1v) is 18.3. The van der Waals surface area contributed by atoms with Crippen LogP contribution in [-0.2, 0) is 14.3 Å². The maximum atomic E-state index is 12.8. The van der Waals surface area contributed by atoms with Gasteiger partial charge in [-0.05, 0) is 38.5 Å². The molecule has 0 aliphatic carbocycles. The normalized spacial score (nSPS) is 23.4. The van der Waals surface area contributed by atoms with E-state index in [1.807, 2.05) is 12.2 Å². The quantitative estimate of drug-likeness (QED) is 0.0445. The van der Waals surface area contributed by atoms with Crippen molar-refractivity contribution in [2.75, 3.05) is 13.2 Å². The van der Waals surface area contributed by atoms with Gasteiger partial charge in [0, 0.05) is 6.42 Å². The zero-order valence-electron chi connectivity index (χ0n) is 29.3. The smallest absolute Gasteiger partial charge is 0.220 e. The van der Waals surface area contributed by atoms with Gasteiger partial charge in [-0.1, -0.05) is 133 Å². The highest BCUT2D eigenvalue weighted by molar-refractivity contribution is 5.76. The number of hydrogen-bond acceptors (Lipinski definition) is 8. The molecule has 1 fully saturated rings. The van der Waals surface area contributed by atoms with Gasteiger partial charge >= 0.3 is 0 Å². The van der Waals surface area contributed by atoms with E-state index < -0.39 is 49.5 Å². The van der Waals surface area contributed by atoms with Crippen molar-refractivity contribution in [1.29, 1.82) is 0 Å². The molecule has 1 aliphatic heterocycles. The molecule has 1 heterocycles. The Kier molecular flexibility index (Phi) is 26.7. The van der Waals surface area contributed by atoms with E-state index >= 15 is 0 Å². The third kappa shape index (κ3) is 21.0. The maximum Gasteiger partial charge on any atom is 0.220 e. The molecule has 47 heavy (non-hydrogen) atoms. The summed E-state index contributed by atoms with van der Waals surface area (Å²) in [5.74, 6) is -0.229. The average molecular weight is 666 g/mol. The zero-order valence-corrected chi connectivity index (χ0v) is 29.3. The van der Waals surface area contributed by atoms with E-state index in [1.54, 1.807) is 0 Å². The minimum Gasteiger partial charge on any atom is -0.394 e. The number of rotatable bonds is 28. The first kappa shape index (κ1) is 43.2. The van der Waals surface area contributed by atoms with Gasteiger partial charge in [0.2, 0.25) is 5.91 Å². The Bertz CT molecular complexity index is 874. The van der Waals surface area contributed by atoms with E-state index in [2.05, 4.69) is 55.6 Å². The van der Waals surface area contributed by atoms with Crippen molar-refractivity contribution in [2.24, 2.45) is 0 Å². The number of ether oxygens (including phenoxy) is 2. The molecule has 9 nitrogen and oxygen atoms in total. The number of amides is 1. The minimum atomic E-state index is -1.56. The van der Waals surface area contributed by atoms with Crippen molar-refractivity contribution in [3.63, 3.8) is 0 Å². The number of hydrogen-bond donors (Lipinski definition) is 6. The van der Waals surface area contributed by atoms with Gasteiger partial charge in [-0.2, -0.15) is 0 Å². The molecule has 272 valence electrons. The standard InChI is InChI=1S/C38H67NO8/c1-3-5-7-9-11-13-15-16-18-20-22-24-26-28-34(42)39-31(30-46-38-37(45)36(44)35(43)33(29-40)47-38)32(41)27-25-23-21-19-17-14-12-10-8-6-4-2/h5,7,11,13,16,18,22,24,31-33,35-38,40-41,43-45H,3-4,6,8-10,12,14-15,17,19-21,23,25-30H2,1-2H3,(H,39,42)/b7-5-,13-11-,18-16-,24-22-. The summed E-state index contributed by atoms with van der Waals surface area (Å²) in [5.41, 5.74) is 0. The first-order valence-electron chi connectivity index (χ1n) is 18.3. The fraction of sp³-hybridized carbons (Fsp3) is 0.763. The van der Waals surface area contributed by atoms with E-state index in [-0.39, 0.29) is 18.9 Å². The summed E-state index contributed by atoms with van der Waals surface area (Å²) in [6, 6.07) is -0.754. The lowest BCUT2D eigenvalue weighted by Gasteiger charge is -2.40. The van der Waals surface area contributed by atoms with Gasteiger partial charge in [0.25, 0.3) is 0 Å². The van der Waals surface area contributed by atoms with E-state index in [0.717, 1.165) is 44.9 Å². The van der Waals surface area contributed by atoms with Crippen LogP contribution in [0.5, 0.6) is 0 Å². The predicted molar refractivity (Wildman–Crippen MR) is 189 cm³/mol. The van der Waals surface area contributed by atoms with Crippen LogP contribution >= 0.6 is 0 Å². The number of aliphatic hydroxyl groups excluding tert-OH is 5. The predicted octanol–water partition coefficient (Wildman–Crippen LogP) is 5.94. The van der Waals surface area contributed by atoms with E-state index in [1.165, 1.54) is 51.4 Å². The van der Waals surface area contributed by atoms with Gasteiger partial charge in [0.15, 0.2) is 6.29 Å². The monoisotopic (exact) mass is 665 g/mol. The number of nitrogens with one attached hydrogen (secondary N) is 1. The van der Waals surface area contributed by atoms with E-state index in [9.17, 15) is 30.3 Å². The molecule has 1 amide bonds. The molecule has 1 aliphatic rings. The van der Waals surface area contributed by atoms with Crippen molar-refractivity contribution in [1.82, 2.24) is 5.32 Å². The van der Waals surface area contributed by atoms with Crippen LogP contribution < -0.4 is 5.32 Å². The Morgan fingerprint density at radius 3 is 1.83 bits per heavy atom. The second kappa shape index (κ2) is 29.1. The lowest BCUT2D eigenvalue weighted by molar-refractivity contribution is -0.302. The Morgan fingerprint density at radius 1 is 0.745 bits per heavy atom. The van der Waals surface area contributed by atoms with Gasteiger partial charge in [-0.3, -0.25) is 4.79 Å². The number of aliphatic hydroxyl groups is 5. The Hall–Kier alpha value is -1.85. The highest BCUT2D eigenvalue weighted by atomic mass is 16.7. The number of unbranched alkanes of at least 4 members (excludes halogenated alkanes) is 10. The van der Waals surface area contributed by atoms with E-state index in [0.29, 0.717) is 12.8 Å². The lowest BCUT2D eigenvalue weighted by Crippen LogP contribution is -2.60. The largest absolute Gasteiger partial charge is 0.394 e. The second-order valence-corrected chi connectivity index (χ2v) is 12.6. The Balaban J connectivity index is 2.52. The summed E-state index contributed by atoms with van der Waals surface area (Å²) in [6.07, 6.45) is 27.1. The minimum absolute atomic E-state index is 0.169. The molecule has 0 aromatic rings. The lowest BCUT2D eigenvalue weighted by atomic mass is 9.99. The molecular formula is C38H67NO8. The molecule has 7 atom stereocenters. The molecule has 0 radical (unpaired) electrons. The number of allylic oxidation sites excluding steroid dienone is 8. The molecule has 7 unspecified atom stereocenters. The van der Waals surface area contributed by atoms with Crippen molar-refractivity contribution < 1.29 is 39.8 Å². The first-order chi connectivity index (χ1) is 22.8. The summed E-state index contributed by atoms with van der Waals surface area (Å²) in [7, 11) is 0. The Labute approximate surface area is 284 Å². The van der Waals surface area contributed by atoms with Crippen molar-refractivity contribution in [3.05, 3.63) is 48.6 Å². The molecule has 1 rings (SSSR count). The van der Waals surface area contributed by atoms with Crippen LogP contribution in [0.4, 0.5) is 0 Å². The SMILES string of the molecule is CC/C=C\C/C=C\C/C=C\C/C=C\CCC(=O)NC(COC1OC(CO)C(O)C(O)C1O)C(O)CCCCCCCCCCCCC. The van der Waals surface area contributed by atoms with Crippen LogP contribution in [0.15, 0.2) is 48.6 Å². The summed E-state index contributed by atoms with van der Waals surface area (Å²) >= 11 is 0. The average Bonchev–Trinajstić information content (AvgIpc) is 3.07. The number of carbonyl (C=O) groups excluding carboxylic acids is 1. The highest BCUT2D eigenvalue weighted by Gasteiger charge is 2.44. The molecular weight excluding hydrogens is 598 g/mol. The van der Waals surface area contributed by atoms with Crippen LogP contribution in [-0.4, -0.2) is 87.5 Å². The van der Waals surface area contributed by atoms with E-state index in [4.69, 9.17) is 9.47 Å². The topological polar surface area (TPSA) is 149 Å². The van der Waals surface area contributed by atoms with Crippen LogP contribution in [0, 0.1) is 0 Å². The van der Waals surface area contributed by atoms with Gasteiger partial charge in [0.1, 0.15) is 24.4 Å². The molecule has 6 N–H and O–H groups in total. The molecule has 0 aromatic heterocycles. The number of carbonyl (C=O) groups is 1. The van der Waals surface area contributed by atoms with Crippen LogP contribution in [0.3, 0.4) is 0 Å². The van der Waals surface area contributed by atoms with Crippen LogP contribution in [0.25, 0.3) is 0 Å². The summed E-state index contributed by atoms with van der Waals surface area (Å²) in [6.45, 7) is 3.62. The Morgan fingerprint density at radius 2 is 1.28 bits per heavy atom. The van der Waals surface area contributed by atoms with Gasteiger partial charge in [0.05, 0.1) is 25.4 Å². The van der Waals surface area contributed by atoms with Crippen molar-refractivity contribution in [2.45, 2.75) is 172 Å².